The predicted molar refractivity (Wildman–Crippen MR) is 108 cm³/mol. The lowest BCUT2D eigenvalue weighted by atomic mass is 10.2. The minimum absolute atomic E-state index is 0. The summed E-state index contributed by atoms with van der Waals surface area (Å²) < 4.78 is 0. The van der Waals surface area contributed by atoms with Crippen molar-refractivity contribution in [3.05, 3.63) is 16.6 Å². The SMILES string of the molecule is CC(C)CNC(=NCC(=O)N(C)C)N(C)CCc1nccs1.I. The summed E-state index contributed by atoms with van der Waals surface area (Å²) in [5, 5.41) is 6.43. The zero-order valence-corrected chi connectivity index (χ0v) is 17.7. The summed E-state index contributed by atoms with van der Waals surface area (Å²) in [6.07, 6.45) is 2.69. The third-order valence-electron chi connectivity index (χ3n) is 3.04. The summed E-state index contributed by atoms with van der Waals surface area (Å²) in [4.78, 5) is 24.0. The van der Waals surface area contributed by atoms with Gasteiger partial charge in [-0.1, -0.05) is 13.8 Å². The van der Waals surface area contributed by atoms with E-state index in [9.17, 15) is 4.79 Å². The zero-order valence-electron chi connectivity index (χ0n) is 14.6. The molecule has 6 nitrogen and oxygen atoms in total. The molecule has 0 saturated carbocycles. The van der Waals surface area contributed by atoms with Crippen molar-refractivity contribution in [2.24, 2.45) is 10.9 Å². The van der Waals surface area contributed by atoms with Crippen LogP contribution in [-0.2, 0) is 11.2 Å². The van der Waals surface area contributed by atoms with Crippen LogP contribution in [0.1, 0.15) is 18.9 Å². The molecule has 0 spiro atoms. The van der Waals surface area contributed by atoms with Crippen molar-refractivity contribution in [1.82, 2.24) is 20.1 Å². The Kier molecular flexibility index (Phi) is 11.2. The van der Waals surface area contributed by atoms with Crippen molar-refractivity contribution < 1.29 is 4.79 Å². The lowest BCUT2D eigenvalue weighted by Crippen LogP contribution is -2.42. The first-order chi connectivity index (χ1) is 10.4. The van der Waals surface area contributed by atoms with E-state index in [1.165, 1.54) is 0 Å². The Labute approximate surface area is 160 Å². The van der Waals surface area contributed by atoms with Gasteiger partial charge in [-0.15, -0.1) is 35.3 Å². The highest BCUT2D eigenvalue weighted by molar-refractivity contribution is 14.0. The molecule has 0 aliphatic heterocycles. The van der Waals surface area contributed by atoms with Gasteiger partial charge in [0.15, 0.2) is 5.96 Å². The number of amides is 1. The topological polar surface area (TPSA) is 60.8 Å². The lowest BCUT2D eigenvalue weighted by molar-refractivity contribution is -0.127. The molecule has 1 aromatic rings. The molecule has 1 heterocycles. The predicted octanol–water partition coefficient (Wildman–Crippen LogP) is 1.93. The molecule has 132 valence electrons. The second kappa shape index (κ2) is 11.6. The average Bonchev–Trinajstić information content (AvgIpc) is 2.97. The Hall–Kier alpha value is -0.900. The lowest BCUT2D eigenvalue weighted by Gasteiger charge is -2.23. The summed E-state index contributed by atoms with van der Waals surface area (Å²) in [5.74, 6) is 1.28. The van der Waals surface area contributed by atoms with Gasteiger partial charge in [0, 0.05) is 52.2 Å². The summed E-state index contributed by atoms with van der Waals surface area (Å²) in [6.45, 7) is 6.09. The average molecular weight is 453 g/mol. The van der Waals surface area contributed by atoms with Crippen molar-refractivity contribution in [2.45, 2.75) is 20.3 Å². The van der Waals surface area contributed by atoms with E-state index < -0.39 is 0 Å². The van der Waals surface area contributed by atoms with Crippen LogP contribution in [0.5, 0.6) is 0 Å². The normalized spacial score (nSPS) is 11.1. The number of thiazole rings is 1. The summed E-state index contributed by atoms with van der Waals surface area (Å²) in [6, 6.07) is 0. The highest BCUT2D eigenvalue weighted by Crippen LogP contribution is 2.05. The number of carbonyl (C=O) groups excluding carboxylic acids is 1. The Balaban J connectivity index is 0.00000484. The third-order valence-corrected chi connectivity index (χ3v) is 3.88. The number of guanidine groups is 1. The quantitative estimate of drug-likeness (QED) is 0.390. The van der Waals surface area contributed by atoms with E-state index in [4.69, 9.17) is 0 Å². The Morgan fingerprint density at radius 2 is 2.09 bits per heavy atom. The molecule has 8 heteroatoms. The largest absolute Gasteiger partial charge is 0.356 e. The van der Waals surface area contributed by atoms with Gasteiger partial charge in [-0.25, -0.2) is 9.98 Å². The molecule has 0 bridgehead atoms. The van der Waals surface area contributed by atoms with Gasteiger partial charge in [0.1, 0.15) is 6.54 Å². The van der Waals surface area contributed by atoms with Crippen LogP contribution in [0.15, 0.2) is 16.6 Å². The molecular formula is C15H28IN5OS. The fourth-order valence-corrected chi connectivity index (χ4v) is 2.25. The second-order valence-corrected chi connectivity index (χ2v) is 6.78. The molecule has 0 fully saturated rings. The number of nitrogens with zero attached hydrogens (tertiary/aromatic N) is 4. The van der Waals surface area contributed by atoms with Crippen LogP contribution in [0.3, 0.4) is 0 Å². The van der Waals surface area contributed by atoms with Gasteiger partial charge in [-0.3, -0.25) is 4.79 Å². The molecule has 0 aliphatic rings. The van der Waals surface area contributed by atoms with Crippen molar-refractivity contribution in [3.8, 4) is 0 Å². The molecule has 1 N–H and O–H groups in total. The highest BCUT2D eigenvalue weighted by Gasteiger charge is 2.10. The molecule has 0 aromatic carbocycles. The number of aliphatic imine (C=N–C) groups is 1. The Bertz CT molecular complexity index is 476. The van der Waals surface area contributed by atoms with Crippen LogP contribution >= 0.6 is 35.3 Å². The van der Waals surface area contributed by atoms with Gasteiger partial charge in [-0.2, -0.15) is 0 Å². The molecule has 0 atom stereocenters. The molecule has 1 amide bonds. The molecule has 0 radical (unpaired) electrons. The van der Waals surface area contributed by atoms with Crippen LogP contribution in [0, 0.1) is 5.92 Å². The van der Waals surface area contributed by atoms with Crippen LogP contribution in [-0.4, -0.2) is 67.4 Å². The first-order valence-electron chi connectivity index (χ1n) is 7.48. The number of hydrogen-bond acceptors (Lipinski definition) is 4. The van der Waals surface area contributed by atoms with Crippen LogP contribution in [0.25, 0.3) is 0 Å². The maximum atomic E-state index is 11.7. The van der Waals surface area contributed by atoms with Gasteiger partial charge in [-0.05, 0) is 5.92 Å². The fourth-order valence-electron chi connectivity index (χ4n) is 1.64. The first kappa shape index (κ1) is 22.1. The van der Waals surface area contributed by atoms with E-state index in [1.54, 1.807) is 30.3 Å². The zero-order chi connectivity index (χ0) is 16.5. The molecule has 0 saturated heterocycles. The van der Waals surface area contributed by atoms with Crippen LogP contribution < -0.4 is 5.32 Å². The second-order valence-electron chi connectivity index (χ2n) is 5.80. The van der Waals surface area contributed by atoms with Crippen molar-refractivity contribution in [2.75, 3.05) is 40.8 Å². The monoisotopic (exact) mass is 453 g/mol. The number of likely N-dealkylation sites (N-methyl/N-ethyl adjacent to an activating group) is 2. The number of carbonyl (C=O) groups is 1. The van der Waals surface area contributed by atoms with Crippen molar-refractivity contribution >= 4 is 47.2 Å². The number of hydrogen-bond donors (Lipinski definition) is 1. The van der Waals surface area contributed by atoms with Gasteiger partial charge >= 0.3 is 0 Å². The molecule has 0 unspecified atom stereocenters. The number of halogens is 1. The summed E-state index contributed by atoms with van der Waals surface area (Å²) >= 11 is 1.66. The van der Waals surface area contributed by atoms with Crippen molar-refractivity contribution in [1.29, 1.82) is 0 Å². The third kappa shape index (κ3) is 9.09. The number of nitrogens with one attached hydrogen (secondary N) is 1. The van der Waals surface area contributed by atoms with E-state index >= 15 is 0 Å². The number of aromatic nitrogens is 1. The Morgan fingerprint density at radius 1 is 1.39 bits per heavy atom. The molecular weight excluding hydrogens is 425 g/mol. The van der Waals surface area contributed by atoms with Gasteiger partial charge in [0.2, 0.25) is 5.91 Å². The number of rotatable bonds is 7. The highest BCUT2D eigenvalue weighted by atomic mass is 127. The smallest absolute Gasteiger partial charge is 0.243 e. The summed E-state index contributed by atoms with van der Waals surface area (Å²) in [7, 11) is 5.47. The van der Waals surface area contributed by atoms with Gasteiger partial charge < -0.3 is 15.1 Å². The maximum Gasteiger partial charge on any atom is 0.243 e. The molecule has 1 aromatic heterocycles. The molecule has 23 heavy (non-hydrogen) atoms. The van der Waals surface area contributed by atoms with E-state index in [0.717, 1.165) is 30.5 Å². The minimum atomic E-state index is -0.00262. The van der Waals surface area contributed by atoms with Crippen LogP contribution in [0.2, 0.25) is 0 Å². The fraction of sp³-hybridized carbons (Fsp3) is 0.667. The molecule has 0 aliphatic carbocycles. The molecule has 1 rings (SSSR count). The maximum absolute atomic E-state index is 11.7. The Morgan fingerprint density at radius 3 is 2.61 bits per heavy atom. The van der Waals surface area contributed by atoms with E-state index in [0.29, 0.717) is 5.92 Å². The van der Waals surface area contributed by atoms with E-state index in [-0.39, 0.29) is 36.4 Å². The van der Waals surface area contributed by atoms with E-state index in [2.05, 4.69) is 29.1 Å². The first-order valence-corrected chi connectivity index (χ1v) is 8.36. The van der Waals surface area contributed by atoms with E-state index in [1.807, 2.05) is 23.5 Å². The van der Waals surface area contributed by atoms with Gasteiger partial charge in [0.05, 0.1) is 5.01 Å². The van der Waals surface area contributed by atoms with Gasteiger partial charge in [0.25, 0.3) is 0 Å². The van der Waals surface area contributed by atoms with Crippen molar-refractivity contribution in [3.63, 3.8) is 0 Å². The minimum Gasteiger partial charge on any atom is -0.356 e. The van der Waals surface area contributed by atoms with Crippen LogP contribution in [0.4, 0.5) is 0 Å². The summed E-state index contributed by atoms with van der Waals surface area (Å²) in [5.41, 5.74) is 0. The standard InChI is InChI=1S/C15H27N5OS.HI/c1-12(2)10-17-15(18-11-14(21)19(3)4)20(5)8-6-13-16-7-9-22-13;/h7,9,12H,6,8,10-11H2,1-5H3,(H,17,18);1H.